The molecule has 0 saturated heterocycles. The van der Waals surface area contributed by atoms with Gasteiger partial charge in [-0.25, -0.2) is 9.18 Å². The summed E-state index contributed by atoms with van der Waals surface area (Å²) in [4.78, 5) is 12.2. The fourth-order valence-corrected chi connectivity index (χ4v) is 3.07. The normalized spacial score (nSPS) is 19.2. The Bertz CT molecular complexity index is 713. The van der Waals surface area contributed by atoms with Crippen LogP contribution in [0, 0.1) is 5.82 Å². The third kappa shape index (κ3) is 3.59. The SMILES string of the molecule is CC(O)(CNC(=O)NC1CCCc2cc(F)ccc21)c1ccco1. The molecule has 3 N–H and O–H groups in total. The lowest BCUT2D eigenvalue weighted by atomic mass is 9.87. The number of urea groups is 1. The Balaban J connectivity index is 1.60. The van der Waals surface area contributed by atoms with Crippen LogP contribution in [0.5, 0.6) is 0 Å². The molecule has 1 heterocycles. The molecule has 128 valence electrons. The van der Waals surface area contributed by atoms with Crippen LogP contribution in [0.3, 0.4) is 0 Å². The van der Waals surface area contributed by atoms with Gasteiger partial charge >= 0.3 is 6.03 Å². The fourth-order valence-electron chi connectivity index (χ4n) is 3.07. The second-order valence-corrected chi connectivity index (χ2v) is 6.37. The minimum Gasteiger partial charge on any atom is -0.466 e. The number of fused-ring (bicyclic) bond motifs is 1. The van der Waals surface area contributed by atoms with Crippen LogP contribution in [-0.2, 0) is 12.0 Å². The van der Waals surface area contributed by atoms with Crippen LogP contribution in [0.4, 0.5) is 9.18 Å². The summed E-state index contributed by atoms with van der Waals surface area (Å²) < 4.78 is 18.5. The van der Waals surface area contributed by atoms with Crippen molar-refractivity contribution in [3.63, 3.8) is 0 Å². The Morgan fingerprint density at radius 3 is 3.04 bits per heavy atom. The number of hydrogen-bond acceptors (Lipinski definition) is 3. The van der Waals surface area contributed by atoms with E-state index in [0.29, 0.717) is 5.76 Å². The number of aryl methyl sites for hydroxylation is 1. The highest BCUT2D eigenvalue weighted by atomic mass is 19.1. The fraction of sp³-hybridized carbons (Fsp3) is 0.389. The van der Waals surface area contributed by atoms with Crippen molar-refractivity contribution < 1.29 is 18.7 Å². The van der Waals surface area contributed by atoms with Crippen molar-refractivity contribution in [2.75, 3.05) is 6.54 Å². The van der Waals surface area contributed by atoms with E-state index in [1.165, 1.54) is 18.4 Å². The molecule has 0 radical (unpaired) electrons. The van der Waals surface area contributed by atoms with Crippen LogP contribution in [-0.4, -0.2) is 17.7 Å². The highest BCUT2D eigenvalue weighted by Crippen LogP contribution is 2.30. The third-order valence-electron chi connectivity index (χ3n) is 4.37. The smallest absolute Gasteiger partial charge is 0.315 e. The van der Waals surface area contributed by atoms with Gasteiger partial charge in [0.15, 0.2) is 0 Å². The highest BCUT2D eigenvalue weighted by molar-refractivity contribution is 5.74. The van der Waals surface area contributed by atoms with Crippen molar-refractivity contribution in [3.05, 3.63) is 59.3 Å². The van der Waals surface area contributed by atoms with Crippen LogP contribution < -0.4 is 10.6 Å². The van der Waals surface area contributed by atoms with Gasteiger partial charge in [-0.3, -0.25) is 0 Å². The van der Waals surface area contributed by atoms with Gasteiger partial charge in [0.1, 0.15) is 17.2 Å². The number of carbonyl (C=O) groups excluding carboxylic acids is 1. The molecule has 5 nitrogen and oxygen atoms in total. The van der Waals surface area contributed by atoms with Crippen molar-refractivity contribution in [3.8, 4) is 0 Å². The molecular weight excluding hydrogens is 311 g/mol. The van der Waals surface area contributed by atoms with Crippen molar-refractivity contribution >= 4 is 6.03 Å². The molecule has 1 aromatic heterocycles. The molecule has 0 aliphatic heterocycles. The van der Waals surface area contributed by atoms with E-state index in [9.17, 15) is 14.3 Å². The third-order valence-corrected chi connectivity index (χ3v) is 4.37. The maximum atomic E-state index is 13.3. The molecule has 1 aliphatic carbocycles. The highest BCUT2D eigenvalue weighted by Gasteiger charge is 2.28. The van der Waals surface area contributed by atoms with E-state index >= 15 is 0 Å². The number of hydrogen-bond donors (Lipinski definition) is 3. The summed E-state index contributed by atoms with van der Waals surface area (Å²) in [6, 6.07) is 7.49. The molecule has 0 fully saturated rings. The van der Waals surface area contributed by atoms with Gasteiger partial charge in [-0.15, -0.1) is 0 Å². The maximum absolute atomic E-state index is 13.3. The summed E-state index contributed by atoms with van der Waals surface area (Å²) in [5.74, 6) is 0.134. The molecule has 2 unspecified atom stereocenters. The average molecular weight is 332 g/mol. The Hall–Kier alpha value is -2.34. The quantitative estimate of drug-likeness (QED) is 0.806. The van der Waals surface area contributed by atoms with Gasteiger partial charge in [-0.1, -0.05) is 6.07 Å². The molecule has 2 amide bonds. The number of carbonyl (C=O) groups is 1. The van der Waals surface area contributed by atoms with E-state index in [-0.39, 0.29) is 24.4 Å². The van der Waals surface area contributed by atoms with E-state index in [0.717, 1.165) is 30.4 Å². The standard InChI is InChI=1S/C18H21FN2O3/c1-18(23,16-6-3-9-24-16)11-20-17(22)21-15-5-2-4-12-10-13(19)7-8-14(12)15/h3,6-10,15,23H,2,4-5,11H2,1H3,(H2,20,21,22). The molecule has 0 saturated carbocycles. The molecule has 24 heavy (non-hydrogen) atoms. The molecule has 6 heteroatoms. The number of amides is 2. The van der Waals surface area contributed by atoms with Gasteiger partial charge in [0.2, 0.25) is 0 Å². The van der Waals surface area contributed by atoms with E-state index in [1.54, 1.807) is 25.1 Å². The topological polar surface area (TPSA) is 74.5 Å². The van der Waals surface area contributed by atoms with Gasteiger partial charge < -0.3 is 20.2 Å². The Labute approximate surface area is 139 Å². The second kappa shape index (κ2) is 6.65. The first-order chi connectivity index (χ1) is 11.5. The van der Waals surface area contributed by atoms with E-state index in [2.05, 4.69) is 10.6 Å². The molecule has 1 aliphatic rings. The molecule has 0 spiro atoms. The number of halogens is 1. The monoisotopic (exact) mass is 332 g/mol. The van der Waals surface area contributed by atoms with Crippen LogP contribution in [0.2, 0.25) is 0 Å². The molecule has 1 aromatic carbocycles. The largest absolute Gasteiger partial charge is 0.466 e. The Kier molecular flexibility index (Phi) is 4.57. The van der Waals surface area contributed by atoms with Crippen molar-refractivity contribution in [1.29, 1.82) is 0 Å². The van der Waals surface area contributed by atoms with E-state index in [1.807, 2.05) is 0 Å². The zero-order valence-corrected chi connectivity index (χ0v) is 13.5. The van der Waals surface area contributed by atoms with E-state index in [4.69, 9.17) is 4.42 Å². The number of rotatable bonds is 4. The zero-order valence-electron chi connectivity index (χ0n) is 13.5. The first kappa shape index (κ1) is 16.5. The zero-order chi connectivity index (χ0) is 17.2. The summed E-state index contributed by atoms with van der Waals surface area (Å²) in [7, 11) is 0. The van der Waals surface area contributed by atoms with Crippen LogP contribution in [0.25, 0.3) is 0 Å². The molecule has 2 aromatic rings. The second-order valence-electron chi connectivity index (χ2n) is 6.37. The number of benzene rings is 1. The lowest BCUT2D eigenvalue weighted by Crippen LogP contribution is -2.44. The van der Waals surface area contributed by atoms with Crippen LogP contribution in [0.1, 0.15) is 42.7 Å². The van der Waals surface area contributed by atoms with Gasteiger partial charge in [-0.2, -0.15) is 0 Å². The van der Waals surface area contributed by atoms with Crippen molar-refractivity contribution in [1.82, 2.24) is 10.6 Å². The van der Waals surface area contributed by atoms with Gasteiger partial charge in [0.25, 0.3) is 0 Å². The minimum atomic E-state index is -1.28. The first-order valence-corrected chi connectivity index (χ1v) is 8.05. The van der Waals surface area contributed by atoms with Crippen molar-refractivity contribution in [2.24, 2.45) is 0 Å². The average Bonchev–Trinajstić information content (AvgIpc) is 3.08. The number of nitrogens with one attached hydrogen (secondary N) is 2. The lowest BCUT2D eigenvalue weighted by molar-refractivity contribution is 0.0366. The molecular formula is C18H21FN2O3. The van der Waals surface area contributed by atoms with Crippen LogP contribution in [0.15, 0.2) is 41.0 Å². The van der Waals surface area contributed by atoms with Crippen LogP contribution >= 0.6 is 0 Å². The summed E-state index contributed by atoms with van der Waals surface area (Å²) in [6.45, 7) is 1.60. The van der Waals surface area contributed by atoms with Gasteiger partial charge in [-0.05, 0) is 61.6 Å². The van der Waals surface area contributed by atoms with Gasteiger partial charge in [0, 0.05) is 0 Å². The lowest BCUT2D eigenvalue weighted by Gasteiger charge is -2.27. The number of aliphatic hydroxyl groups is 1. The Morgan fingerprint density at radius 2 is 2.29 bits per heavy atom. The minimum absolute atomic E-state index is 0.0232. The summed E-state index contributed by atoms with van der Waals surface area (Å²) in [5, 5.41) is 15.9. The van der Waals surface area contributed by atoms with E-state index < -0.39 is 5.60 Å². The predicted molar refractivity (Wildman–Crippen MR) is 86.9 cm³/mol. The molecule has 2 atom stereocenters. The van der Waals surface area contributed by atoms with Crippen molar-refractivity contribution in [2.45, 2.75) is 37.8 Å². The van der Waals surface area contributed by atoms with Gasteiger partial charge in [0.05, 0.1) is 18.8 Å². The molecule has 0 bridgehead atoms. The summed E-state index contributed by atoms with van der Waals surface area (Å²) in [5.41, 5.74) is 0.610. The predicted octanol–water partition coefficient (Wildman–Crippen LogP) is 3.00. The summed E-state index contributed by atoms with van der Waals surface area (Å²) in [6.07, 6.45) is 3.99. The summed E-state index contributed by atoms with van der Waals surface area (Å²) >= 11 is 0. The number of furan rings is 1. The first-order valence-electron chi connectivity index (χ1n) is 8.05. The Morgan fingerprint density at radius 1 is 1.46 bits per heavy atom. The molecule has 3 rings (SSSR count). The maximum Gasteiger partial charge on any atom is 0.315 e.